The van der Waals surface area contributed by atoms with Crippen LogP contribution in [0.2, 0.25) is 0 Å². The fourth-order valence-electron chi connectivity index (χ4n) is 1.49. The summed E-state index contributed by atoms with van der Waals surface area (Å²) in [5, 5.41) is 2.93. The molecule has 16 heavy (non-hydrogen) atoms. The Hall–Kier alpha value is -1.02. The number of aryl methyl sites for hydroxylation is 2. The van der Waals surface area contributed by atoms with Gasteiger partial charge in [0.25, 0.3) is 5.91 Å². The first-order valence-electron chi connectivity index (χ1n) is 5.52. The molecule has 0 saturated heterocycles. The average molecular weight is 240 g/mol. The molecule has 1 N–H and O–H groups in total. The number of hydrogen-bond donors (Lipinski definition) is 1. The number of carbonyl (C=O) groups excluding carboxylic acids is 1. The molecule has 0 bridgehead atoms. The van der Waals surface area contributed by atoms with Crippen LogP contribution in [0, 0.1) is 13.8 Å². The zero-order valence-electron chi connectivity index (χ0n) is 10.0. The van der Waals surface area contributed by atoms with Crippen molar-refractivity contribution in [3.63, 3.8) is 0 Å². The molecule has 3 heteroatoms. The summed E-state index contributed by atoms with van der Waals surface area (Å²) in [6.07, 6.45) is 0.847. The van der Waals surface area contributed by atoms with Crippen LogP contribution < -0.4 is 5.32 Å². The molecule has 1 amide bonds. The van der Waals surface area contributed by atoms with Gasteiger partial charge >= 0.3 is 0 Å². The molecule has 0 aliphatic rings. The summed E-state index contributed by atoms with van der Waals surface area (Å²) < 4.78 is 0. The van der Waals surface area contributed by atoms with Crippen LogP contribution in [-0.2, 0) is 0 Å². The maximum Gasteiger partial charge on any atom is 0.251 e. The maximum absolute atomic E-state index is 12.0. The molecule has 0 heterocycles. The zero-order valence-corrected chi connectivity index (χ0v) is 10.8. The summed E-state index contributed by atoms with van der Waals surface area (Å²) in [6, 6.07) is 5.93. The Morgan fingerprint density at radius 1 is 1.44 bits per heavy atom. The summed E-state index contributed by atoms with van der Waals surface area (Å²) in [7, 11) is 0. The summed E-state index contributed by atoms with van der Waals surface area (Å²) in [6.45, 7) is 5.93. The Morgan fingerprint density at radius 2 is 2.12 bits per heavy atom. The van der Waals surface area contributed by atoms with Gasteiger partial charge in [-0.15, -0.1) is 11.6 Å². The van der Waals surface area contributed by atoms with Crippen LogP contribution in [0.1, 0.15) is 34.8 Å². The molecule has 0 aromatic heterocycles. The molecule has 1 atom stereocenters. The quantitative estimate of drug-likeness (QED) is 0.804. The second-order valence-electron chi connectivity index (χ2n) is 4.05. The minimum absolute atomic E-state index is 0.0336. The van der Waals surface area contributed by atoms with Gasteiger partial charge in [0.2, 0.25) is 0 Å². The number of nitrogens with one attached hydrogen (secondary N) is 1. The van der Waals surface area contributed by atoms with Crippen LogP contribution in [-0.4, -0.2) is 17.8 Å². The van der Waals surface area contributed by atoms with Crippen molar-refractivity contribution in [1.82, 2.24) is 5.32 Å². The summed E-state index contributed by atoms with van der Waals surface area (Å²) in [4.78, 5) is 12.0. The number of carbonyl (C=O) groups is 1. The molecule has 2 nitrogen and oxygen atoms in total. The highest BCUT2D eigenvalue weighted by molar-refractivity contribution is 6.18. The minimum atomic E-state index is -0.0336. The Bertz CT molecular complexity index is 372. The van der Waals surface area contributed by atoms with Gasteiger partial charge in [0.15, 0.2) is 0 Å². The Kier molecular flexibility index (Phi) is 4.81. The first kappa shape index (κ1) is 13.0. The van der Waals surface area contributed by atoms with E-state index in [0.29, 0.717) is 5.88 Å². The van der Waals surface area contributed by atoms with E-state index in [1.54, 1.807) is 0 Å². The number of alkyl halides is 1. The highest BCUT2D eigenvalue weighted by Crippen LogP contribution is 2.11. The van der Waals surface area contributed by atoms with E-state index in [1.165, 1.54) is 0 Å². The summed E-state index contributed by atoms with van der Waals surface area (Å²) >= 11 is 5.76. The van der Waals surface area contributed by atoms with E-state index < -0.39 is 0 Å². The van der Waals surface area contributed by atoms with E-state index in [4.69, 9.17) is 11.6 Å². The van der Waals surface area contributed by atoms with E-state index >= 15 is 0 Å². The fraction of sp³-hybridized carbons (Fsp3) is 0.462. The van der Waals surface area contributed by atoms with Gasteiger partial charge in [0.1, 0.15) is 0 Å². The summed E-state index contributed by atoms with van der Waals surface area (Å²) in [5.41, 5.74) is 2.82. The van der Waals surface area contributed by atoms with Gasteiger partial charge in [-0.2, -0.15) is 0 Å². The molecule has 1 aromatic rings. The van der Waals surface area contributed by atoms with E-state index in [1.807, 2.05) is 39.0 Å². The summed E-state index contributed by atoms with van der Waals surface area (Å²) in [5.74, 6) is 0.418. The van der Waals surface area contributed by atoms with Crippen molar-refractivity contribution in [3.8, 4) is 0 Å². The number of benzene rings is 1. The van der Waals surface area contributed by atoms with Crippen molar-refractivity contribution in [1.29, 1.82) is 0 Å². The van der Waals surface area contributed by atoms with Crippen molar-refractivity contribution in [2.45, 2.75) is 33.2 Å². The van der Waals surface area contributed by atoms with Crippen LogP contribution in [0.3, 0.4) is 0 Å². The lowest BCUT2D eigenvalue weighted by Crippen LogP contribution is -2.36. The Balaban J connectivity index is 2.83. The van der Waals surface area contributed by atoms with Gasteiger partial charge in [-0.05, 0) is 31.9 Å². The van der Waals surface area contributed by atoms with E-state index in [2.05, 4.69) is 5.32 Å². The third-order valence-corrected chi connectivity index (χ3v) is 3.02. The van der Waals surface area contributed by atoms with Crippen LogP contribution in [0.4, 0.5) is 0 Å². The van der Waals surface area contributed by atoms with E-state index in [9.17, 15) is 4.79 Å². The molecule has 0 saturated carbocycles. The largest absolute Gasteiger partial charge is 0.348 e. The van der Waals surface area contributed by atoms with Crippen molar-refractivity contribution in [2.24, 2.45) is 0 Å². The third-order valence-electron chi connectivity index (χ3n) is 2.65. The predicted molar refractivity (Wildman–Crippen MR) is 68.2 cm³/mol. The van der Waals surface area contributed by atoms with E-state index in [-0.39, 0.29) is 11.9 Å². The van der Waals surface area contributed by atoms with Crippen LogP contribution >= 0.6 is 11.6 Å². The molecule has 1 unspecified atom stereocenters. The van der Waals surface area contributed by atoms with Crippen LogP contribution in [0.5, 0.6) is 0 Å². The van der Waals surface area contributed by atoms with Gasteiger partial charge in [-0.3, -0.25) is 4.79 Å². The Morgan fingerprint density at radius 3 is 2.69 bits per heavy atom. The van der Waals surface area contributed by atoms with E-state index in [0.717, 1.165) is 23.1 Å². The number of halogens is 1. The van der Waals surface area contributed by atoms with Crippen LogP contribution in [0.25, 0.3) is 0 Å². The van der Waals surface area contributed by atoms with Crippen molar-refractivity contribution in [2.75, 3.05) is 5.88 Å². The van der Waals surface area contributed by atoms with Gasteiger partial charge in [-0.1, -0.05) is 24.6 Å². The molecule has 88 valence electrons. The molecule has 0 spiro atoms. The average Bonchev–Trinajstić information content (AvgIpc) is 2.28. The second-order valence-corrected chi connectivity index (χ2v) is 4.36. The van der Waals surface area contributed by atoms with Crippen molar-refractivity contribution >= 4 is 17.5 Å². The van der Waals surface area contributed by atoms with Crippen LogP contribution in [0.15, 0.2) is 18.2 Å². The number of rotatable bonds is 4. The van der Waals surface area contributed by atoms with Gasteiger partial charge < -0.3 is 5.32 Å². The smallest absolute Gasteiger partial charge is 0.251 e. The molecule has 1 rings (SSSR count). The normalized spacial score (nSPS) is 12.2. The van der Waals surface area contributed by atoms with Crippen molar-refractivity contribution in [3.05, 3.63) is 34.9 Å². The second kappa shape index (κ2) is 5.90. The zero-order chi connectivity index (χ0) is 12.1. The molecule has 0 fully saturated rings. The minimum Gasteiger partial charge on any atom is -0.348 e. The highest BCUT2D eigenvalue weighted by atomic mass is 35.5. The topological polar surface area (TPSA) is 29.1 Å². The Labute approximate surface area is 102 Å². The maximum atomic E-state index is 12.0. The molecule has 0 aliphatic heterocycles. The standard InChI is InChI=1S/C13H18ClNO/c1-4-11(8-14)15-13(16)12-7-9(2)5-6-10(12)3/h5-7,11H,4,8H2,1-3H3,(H,15,16). The van der Waals surface area contributed by atoms with Gasteiger partial charge in [0.05, 0.1) is 0 Å². The molecule has 1 aromatic carbocycles. The monoisotopic (exact) mass is 239 g/mol. The molecule has 0 aliphatic carbocycles. The molecule has 0 radical (unpaired) electrons. The number of amides is 1. The SMILES string of the molecule is CCC(CCl)NC(=O)c1cc(C)ccc1C. The lowest BCUT2D eigenvalue weighted by Gasteiger charge is -2.15. The van der Waals surface area contributed by atoms with Crippen molar-refractivity contribution < 1.29 is 4.79 Å². The third kappa shape index (κ3) is 3.24. The first-order chi connectivity index (χ1) is 7.58. The molecular formula is C13H18ClNO. The highest BCUT2D eigenvalue weighted by Gasteiger charge is 2.13. The lowest BCUT2D eigenvalue weighted by molar-refractivity contribution is 0.0939. The molecular weight excluding hydrogens is 222 g/mol. The van der Waals surface area contributed by atoms with Gasteiger partial charge in [0, 0.05) is 17.5 Å². The lowest BCUT2D eigenvalue weighted by atomic mass is 10.0. The predicted octanol–water partition coefficient (Wildman–Crippen LogP) is 3.05. The first-order valence-corrected chi connectivity index (χ1v) is 6.06. The van der Waals surface area contributed by atoms with Gasteiger partial charge in [-0.25, -0.2) is 0 Å². The fourth-order valence-corrected chi connectivity index (χ4v) is 1.79. The number of hydrogen-bond acceptors (Lipinski definition) is 1.